The third-order valence-corrected chi connectivity index (χ3v) is 3.01. The first-order valence-corrected chi connectivity index (χ1v) is 6.23. The summed E-state index contributed by atoms with van der Waals surface area (Å²) >= 11 is 1.66. The fourth-order valence-corrected chi connectivity index (χ4v) is 1.99. The summed E-state index contributed by atoms with van der Waals surface area (Å²) in [6, 6.07) is 6.48. The van der Waals surface area contributed by atoms with Gasteiger partial charge in [-0.25, -0.2) is 9.97 Å². The van der Waals surface area contributed by atoms with Crippen molar-refractivity contribution in [1.29, 1.82) is 0 Å². The highest BCUT2D eigenvalue weighted by molar-refractivity contribution is 7.13. The molecule has 0 aliphatic rings. The van der Waals surface area contributed by atoms with E-state index < -0.39 is 0 Å². The van der Waals surface area contributed by atoms with Gasteiger partial charge < -0.3 is 5.32 Å². The van der Waals surface area contributed by atoms with E-state index in [-0.39, 0.29) is 0 Å². The number of nitrogens with zero attached hydrogens (tertiary/aromatic N) is 2. The smallest absolute Gasteiger partial charge is 0.169 e. The molecule has 2 heterocycles. The second-order valence-electron chi connectivity index (χ2n) is 3.88. The molecule has 0 saturated carbocycles. The quantitative estimate of drug-likeness (QED) is 0.882. The molecule has 4 heteroatoms. The van der Waals surface area contributed by atoms with Crippen LogP contribution in [0.15, 0.2) is 29.8 Å². The average Bonchev–Trinajstić information content (AvgIpc) is 2.80. The summed E-state index contributed by atoms with van der Waals surface area (Å²) < 4.78 is 0. The standard InChI is InChI=1S/C12H15N3S/c1-9(2)14-8-10-5-6-13-12(15-10)11-4-3-7-16-11/h3-7,9,14H,8H2,1-2H3. The van der Waals surface area contributed by atoms with E-state index in [0.717, 1.165) is 22.9 Å². The molecule has 0 bridgehead atoms. The maximum atomic E-state index is 4.52. The van der Waals surface area contributed by atoms with Crippen LogP contribution in [-0.4, -0.2) is 16.0 Å². The summed E-state index contributed by atoms with van der Waals surface area (Å²) in [5.41, 5.74) is 1.03. The Hall–Kier alpha value is -1.26. The van der Waals surface area contributed by atoms with Crippen molar-refractivity contribution < 1.29 is 0 Å². The van der Waals surface area contributed by atoms with Crippen molar-refractivity contribution >= 4 is 11.3 Å². The van der Waals surface area contributed by atoms with Crippen LogP contribution in [0.2, 0.25) is 0 Å². The molecule has 16 heavy (non-hydrogen) atoms. The Kier molecular flexibility index (Phi) is 3.64. The van der Waals surface area contributed by atoms with Crippen molar-refractivity contribution in [3.63, 3.8) is 0 Å². The van der Waals surface area contributed by atoms with E-state index >= 15 is 0 Å². The highest BCUT2D eigenvalue weighted by Gasteiger charge is 2.03. The lowest BCUT2D eigenvalue weighted by atomic mass is 10.3. The molecule has 0 radical (unpaired) electrons. The molecule has 0 saturated heterocycles. The Morgan fingerprint density at radius 2 is 2.25 bits per heavy atom. The van der Waals surface area contributed by atoms with Crippen LogP contribution in [0.4, 0.5) is 0 Å². The summed E-state index contributed by atoms with van der Waals surface area (Å²) in [5, 5.41) is 5.39. The van der Waals surface area contributed by atoms with Gasteiger partial charge in [0, 0.05) is 18.8 Å². The van der Waals surface area contributed by atoms with Crippen LogP contribution in [0.5, 0.6) is 0 Å². The van der Waals surface area contributed by atoms with Crippen molar-refractivity contribution in [2.45, 2.75) is 26.4 Å². The van der Waals surface area contributed by atoms with Crippen LogP contribution in [0.3, 0.4) is 0 Å². The predicted molar refractivity (Wildman–Crippen MR) is 67.3 cm³/mol. The van der Waals surface area contributed by atoms with E-state index in [1.54, 1.807) is 11.3 Å². The molecule has 1 N–H and O–H groups in total. The minimum absolute atomic E-state index is 0.472. The van der Waals surface area contributed by atoms with E-state index in [4.69, 9.17) is 0 Å². The highest BCUT2D eigenvalue weighted by Crippen LogP contribution is 2.20. The van der Waals surface area contributed by atoms with Crippen molar-refractivity contribution in [3.05, 3.63) is 35.5 Å². The van der Waals surface area contributed by atoms with Crippen molar-refractivity contribution in [2.24, 2.45) is 0 Å². The molecule has 3 nitrogen and oxygen atoms in total. The van der Waals surface area contributed by atoms with Crippen LogP contribution in [0.25, 0.3) is 10.7 Å². The van der Waals surface area contributed by atoms with Gasteiger partial charge in [-0.2, -0.15) is 0 Å². The molecule has 0 unspecified atom stereocenters. The fraction of sp³-hybridized carbons (Fsp3) is 0.333. The predicted octanol–water partition coefficient (Wildman–Crippen LogP) is 2.70. The zero-order chi connectivity index (χ0) is 11.4. The molecule has 2 rings (SSSR count). The second-order valence-corrected chi connectivity index (χ2v) is 4.83. The topological polar surface area (TPSA) is 37.8 Å². The molecule has 0 aliphatic carbocycles. The third-order valence-electron chi connectivity index (χ3n) is 2.15. The van der Waals surface area contributed by atoms with Crippen molar-refractivity contribution in [1.82, 2.24) is 15.3 Å². The minimum Gasteiger partial charge on any atom is -0.309 e. The van der Waals surface area contributed by atoms with Crippen LogP contribution in [-0.2, 0) is 6.54 Å². The number of hydrogen-bond donors (Lipinski definition) is 1. The monoisotopic (exact) mass is 233 g/mol. The Bertz CT molecular complexity index is 437. The second kappa shape index (κ2) is 5.18. The normalized spacial score (nSPS) is 10.9. The molecule has 0 fully saturated rings. The first-order chi connectivity index (χ1) is 7.75. The van der Waals surface area contributed by atoms with E-state index in [1.165, 1.54) is 0 Å². The summed E-state index contributed by atoms with van der Waals surface area (Å²) in [6.45, 7) is 5.04. The van der Waals surface area contributed by atoms with Gasteiger partial charge in [-0.1, -0.05) is 19.9 Å². The Morgan fingerprint density at radius 1 is 1.38 bits per heavy atom. The van der Waals surface area contributed by atoms with Crippen LogP contribution in [0.1, 0.15) is 19.5 Å². The lowest BCUT2D eigenvalue weighted by Gasteiger charge is -2.07. The number of rotatable bonds is 4. The number of hydrogen-bond acceptors (Lipinski definition) is 4. The van der Waals surface area contributed by atoms with Crippen LogP contribution >= 0.6 is 11.3 Å². The molecule has 0 spiro atoms. The van der Waals surface area contributed by atoms with E-state index in [1.807, 2.05) is 29.8 Å². The molecular weight excluding hydrogens is 218 g/mol. The maximum Gasteiger partial charge on any atom is 0.169 e. The van der Waals surface area contributed by atoms with Crippen molar-refractivity contribution in [3.8, 4) is 10.7 Å². The molecule has 0 aliphatic heterocycles. The Labute approximate surface area is 99.6 Å². The van der Waals surface area contributed by atoms with Gasteiger partial charge in [-0.3, -0.25) is 0 Å². The molecule has 2 aromatic heterocycles. The molecule has 0 amide bonds. The highest BCUT2D eigenvalue weighted by atomic mass is 32.1. The number of thiophene rings is 1. The van der Waals surface area contributed by atoms with E-state index in [2.05, 4.69) is 29.1 Å². The number of nitrogens with one attached hydrogen (secondary N) is 1. The molecule has 84 valence electrons. The lowest BCUT2D eigenvalue weighted by molar-refractivity contribution is 0.581. The molecule has 0 aromatic carbocycles. The van der Waals surface area contributed by atoms with Crippen LogP contribution < -0.4 is 5.32 Å². The largest absolute Gasteiger partial charge is 0.309 e. The SMILES string of the molecule is CC(C)NCc1ccnc(-c2cccs2)n1. The van der Waals surface area contributed by atoms with Gasteiger partial charge in [-0.15, -0.1) is 11.3 Å². The number of aromatic nitrogens is 2. The molecule has 0 atom stereocenters. The zero-order valence-electron chi connectivity index (χ0n) is 9.47. The van der Waals surface area contributed by atoms with Gasteiger partial charge >= 0.3 is 0 Å². The van der Waals surface area contributed by atoms with Gasteiger partial charge in [0.1, 0.15) is 0 Å². The zero-order valence-corrected chi connectivity index (χ0v) is 10.3. The van der Waals surface area contributed by atoms with Gasteiger partial charge in [0.05, 0.1) is 10.6 Å². The van der Waals surface area contributed by atoms with E-state index in [0.29, 0.717) is 6.04 Å². The summed E-state index contributed by atoms with van der Waals surface area (Å²) in [4.78, 5) is 9.92. The van der Waals surface area contributed by atoms with E-state index in [9.17, 15) is 0 Å². The summed E-state index contributed by atoms with van der Waals surface area (Å²) in [6.07, 6.45) is 1.82. The fourth-order valence-electron chi connectivity index (χ4n) is 1.33. The first kappa shape index (κ1) is 11.2. The summed E-state index contributed by atoms with van der Waals surface area (Å²) in [5.74, 6) is 0.818. The first-order valence-electron chi connectivity index (χ1n) is 5.35. The molecule has 2 aromatic rings. The minimum atomic E-state index is 0.472. The third kappa shape index (κ3) is 2.87. The lowest BCUT2D eigenvalue weighted by Crippen LogP contribution is -2.22. The van der Waals surface area contributed by atoms with Gasteiger partial charge in [0.25, 0.3) is 0 Å². The van der Waals surface area contributed by atoms with Gasteiger partial charge in [0.15, 0.2) is 5.82 Å². The molecular formula is C12H15N3S. The average molecular weight is 233 g/mol. The maximum absolute atomic E-state index is 4.52. The summed E-state index contributed by atoms with van der Waals surface area (Å²) in [7, 11) is 0. The van der Waals surface area contributed by atoms with Gasteiger partial charge in [-0.05, 0) is 17.5 Å². The Balaban J connectivity index is 2.14. The van der Waals surface area contributed by atoms with Crippen LogP contribution in [0, 0.1) is 0 Å². The Morgan fingerprint density at radius 3 is 2.94 bits per heavy atom. The van der Waals surface area contributed by atoms with Crippen molar-refractivity contribution in [2.75, 3.05) is 0 Å². The van der Waals surface area contributed by atoms with Gasteiger partial charge in [0.2, 0.25) is 0 Å².